The Morgan fingerprint density at radius 3 is 2.88 bits per heavy atom. The lowest BCUT2D eigenvalue weighted by atomic mass is 9.74. The Hall–Kier alpha value is -1.85. The number of nitrogens with one attached hydrogen (secondary N) is 2. The molecule has 2 aliphatic rings. The highest BCUT2D eigenvalue weighted by Crippen LogP contribution is 2.42. The third-order valence-corrected chi connectivity index (χ3v) is 3.46. The first-order valence-electron chi connectivity index (χ1n) is 5.69. The average molecular weight is 234 g/mol. The predicted octanol–water partition coefficient (Wildman–Crippen LogP) is 1.16. The standard InChI is InChI=1S/C11H14N4O2/c1-17-10-8-9(12-6-13-10)15-11(3-2-4-11)5-7(16)14-8/h6H,2-5H2,1H3,(H,14,16)(H,12,13,15). The number of aromatic nitrogens is 2. The molecule has 1 fully saturated rings. The van der Waals surface area contributed by atoms with E-state index >= 15 is 0 Å². The van der Waals surface area contributed by atoms with Gasteiger partial charge in [0.25, 0.3) is 0 Å². The van der Waals surface area contributed by atoms with Gasteiger partial charge in [-0.05, 0) is 19.3 Å². The lowest BCUT2D eigenvalue weighted by Crippen LogP contribution is -2.46. The smallest absolute Gasteiger partial charge is 0.242 e. The van der Waals surface area contributed by atoms with Gasteiger partial charge >= 0.3 is 0 Å². The van der Waals surface area contributed by atoms with E-state index in [2.05, 4.69) is 20.6 Å². The number of fused-ring (bicyclic) bond motifs is 1. The molecule has 0 radical (unpaired) electrons. The highest BCUT2D eigenvalue weighted by molar-refractivity contribution is 5.97. The molecule has 0 atom stereocenters. The summed E-state index contributed by atoms with van der Waals surface area (Å²) < 4.78 is 5.13. The highest BCUT2D eigenvalue weighted by Gasteiger charge is 2.42. The topological polar surface area (TPSA) is 76.1 Å². The van der Waals surface area contributed by atoms with E-state index in [1.807, 2.05) is 0 Å². The fourth-order valence-corrected chi connectivity index (χ4v) is 2.42. The second-order valence-corrected chi connectivity index (χ2v) is 4.59. The first kappa shape index (κ1) is 10.3. The Kier molecular flexibility index (Phi) is 2.17. The Morgan fingerprint density at radius 1 is 1.41 bits per heavy atom. The molecule has 17 heavy (non-hydrogen) atoms. The number of rotatable bonds is 1. The molecule has 1 aliphatic carbocycles. The summed E-state index contributed by atoms with van der Waals surface area (Å²) in [5.41, 5.74) is 0.429. The molecular formula is C11H14N4O2. The van der Waals surface area contributed by atoms with Crippen molar-refractivity contribution in [2.45, 2.75) is 31.2 Å². The zero-order chi connectivity index (χ0) is 11.9. The fraction of sp³-hybridized carbons (Fsp3) is 0.545. The maximum Gasteiger partial charge on any atom is 0.242 e. The van der Waals surface area contributed by atoms with Gasteiger partial charge in [-0.2, -0.15) is 4.98 Å². The van der Waals surface area contributed by atoms with E-state index in [1.165, 1.54) is 13.4 Å². The molecule has 0 unspecified atom stereocenters. The highest BCUT2D eigenvalue weighted by atomic mass is 16.5. The van der Waals surface area contributed by atoms with Crippen molar-refractivity contribution >= 4 is 17.4 Å². The number of carbonyl (C=O) groups excluding carboxylic acids is 1. The van der Waals surface area contributed by atoms with Crippen LogP contribution in [0.15, 0.2) is 6.33 Å². The number of methoxy groups -OCH3 is 1. The minimum absolute atomic E-state index is 0.0101. The number of amides is 1. The van der Waals surface area contributed by atoms with E-state index in [9.17, 15) is 4.79 Å². The van der Waals surface area contributed by atoms with Gasteiger partial charge in [0, 0.05) is 12.0 Å². The van der Waals surface area contributed by atoms with Crippen LogP contribution in [0.4, 0.5) is 11.5 Å². The van der Waals surface area contributed by atoms with Crippen molar-refractivity contribution in [3.05, 3.63) is 6.33 Å². The largest absolute Gasteiger partial charge is 0.479 e. The average Bonchev–Trinajstić information content (AvgIpc) is 2.43. The zero-order valence-corrected chi connectivity index (χ0v) is 9.62. The molecule has 90 valence electrons. The van der Waals surface area contributed by atoms with Crippen molar-refractivity contribution in [3.8, 4) is 5.88 Å². The molecule has 2 N–H and O–H groups in total. The summed E-state index contributed by atoms with van der Waals surface area (Å²) in [4.78, 5) is 20.0. The summed E-state index contributed by atoms with van der Waals surface area (Å²) in [7, 11) is 1.53. The van der Waals surface area contributed by atoms with Gasteiger partial charge in [0.1, 0.15) is 12.0 Å². The van der Waals surface area contributed by atoms with Gasteiger partial charge in [-0.25, -0.2) is 4.98 Å². The minimum atomic E-state index is -0.116. The third kappa shape index (κ3) is 1.60. The van der Waals surface area contributed by atoms with Crippen LogP contribution in [-0.4, -0.2) is 28.5 Å². The Labute approximate surface area is 98.8 Å². The van der Waals surface area contributed by atoms with Gasteiger partial charge in [0.05, 0.1) is 7.11 Å². The normalized spacial score (nSPS) is 20.6. The molecule has 2 heterocycles. The predicted molar refractivity (Wildman–Crippen MR) is 62.0 cm³/mol. The molecule has 0 aromatic carbocycles. The lowest BCUT2D eigenvalue weighted by molar-refractivity contribution is -0.117. The molecule has 1 amide bonds. The van der Waals surface area contributed by atoms with Crippen molar-refractivity contribution < 1.29 is 9.53 Å². The lowest BCUT2D eigenvalue weighted by Gasteiger charge is -2.41. The maximum absolute atomic E-state index is 11.9. The van der Waals surface area contributed by atoms with Crippen molar-refractivity contribution in [1.29, 1.82) is 0 Å². The maximum atomic E-state index is 11.9. The molecule has 1 aromatic heterocycles. The quantitative estimate of drug-likeness (QED) is 0.762. The Morgan fingerprint density at radius 2 is 2.24 bits per heavy atom. The van der Waals surface area contributed by atoms with Crippen LogP contribution in [0.5, 0.6) is 5.88 Å². The zero-order valence-electron chi connectivity index (χ0n) is 9.62. The van der Waals surface area contributed by atoms with Gasteiger partial charge in [-0.15, -0.1) is 0 Å². The molecule has 1 spiro atoms. The van der Waals surface area contributed by atoms with Crippen molar-refractivity contribution in [2.24, 2.45) is 0 Å². The van der Waals surface area contributed by atoms with E-state index in [0.29, 0.717) is 23.8 Å². The van der Waals surface area contributed by atoms with E-state index in [1.54, 1.807) is 0 Å². The number of carbonyl (C=O) groups is 1. The summed E-state index contributed by atoms with van der Waals surface area (Å²) in [6, 6.07) is 0. The van der Waals surface area contributed by atoms with Crippen molar-refractivity contribution in [2.75, 3.05) is 17.7 Å². The van der Waals surface area contributed by atoms with Gasteiger partial charge in [-0.3, -0.25) is 4.79 Å². The number of hydrogen-bond acceptors (Lipinski definition) is 5. The first-order chi connectivity index (χ1) is 8.22. The SMILES string of the molecule is COc1ncnc2c1NC(=O)CC1(CCC1)N2. The second-order valence-electron chi connectivity index (χ2n) is 4.59. The molecule has 1 aliphatic heterocycles. The molecule has 0 bridgehead atoms. The molecule has 6 heteroatoms. The monoisotopic (exact) mass is 234 g/mol. The molecule has 1 aromatic rings. The fourth-order valence-electron chi connectivity index (χ4n) is 2.42. The van der Waals surface area contributed by atoms with Crippen molar-refractivity contribution in [3.63, 3.8) is 0 Å². The summed E-state index contributed by atoms with van der Waals surface area (Å²) in [5, 5.41) is 6.18. The Bertz CT molecular complexity index is 471. The van der Waals surface area contributed by atoms with E-state index < -0.39 is 0 Å². The van der Waals surface area contributed by atoms with Crippen molar-refractivity contribution in [1.82, 2.24) is 9.97 Å². The van der Waals surface area contributed by atoms with Gasteiger partial charge in [0.15, 0.2) is 5.82 Å². The molecule has 0 saturated heterocycles. The second kappa shape index (κ2) is 3.58. The van der Waals surface area contributed by atoms with Crippen LogP contribution in [0.25, 0.3) is 0 Å². The molecule has 3 rings (SSSR count). The third-order valence-electron chi connectivity index (χ3n) is 3.46. The summed E-state index contributed by atoms with van der Waals surface area (Å²) in [5.74, 6) is 1.04. The summed E-state index contributed by atoms with van der Waals surface area (Å²) in [6.45, 7) is 0. The van der Waals surface area contributed by atoms with Crippen LogP contribution < -0.4 is 15.4 Å². The number of anilines is 2. The van der Waals surface area contributed by atoms with E-state index in [4.69, 9.17) is 4.74 Å². The van der Waals surface area contributed by atoms with Gasteiger partial charge < -0.3 is 15.4 Å². The first-order valence-corrected chi connectivity index (χ1v) is 5.69. The minimum Gasteiger partial charge on any atom is -0.479 e. The van der Waals surface area contributed by atoms with Gasteiger partial charge in [0.2, 0.25) is 11.8 Å². The summed E-state index contributed by atoms with van der Waals surface area (Å²) >= 11 is 0. The van der Waals surface area contributed by atoms with Crippen LogP contribution >= 0.6 is 0 Å². The van der Waals surface area contributed by atoms with Crippen LogP contribution in [-0.2, 0) is 4.79 Å². The number of hydrogen-bond donors (Lipinski definition) is 2. The Balaban J connectivity index is 2.04. The molecule has 1 saturated carbocycles. The number of ether oxygens (including phenoxy) is 1. The van der Waals surface area contributed by atoms with E-state index in [0.717, 1.165) is 19.3 Å². The van der Waals surface area contributed by atoms with E-state index in [-0.39, 0.29) is 11.4 Å². The van der Waals surface area contributed by atoms with Crippen LogP contribution in [0.1, 0.15) is 25.7 Å². The molecular weight excluding hydrogens is 220 g/mol. The van der Waals surface area contributed by atoms with Crippen LogP contribution in [0, 0.1) is 0 Å². The van der Waals surface area contributed by atoms with Crippen LogP contribution in [0.2, 0.25) is 0 Å². The van der Waals surface area contributed by atoms with Gasteiger partial charge in [-0.1, -0.05) is 0 Å². The number of nitrogens with zero attached hydrogens (tertiary/aromatic N) is 2. The summed E-state index contributed by atoms with van der Waals surface area (Å²) in [6.07, 6.45) is 5.08. The van der Waals surface area contributed by atoms with Crippen LogP contribution in [0.3, 0.4) is 0 Å². The molecule has 6 nitrogen and oxygen atoms in total.